The molecular formula is C18H16F3NO3. The Balaban J connectivity index is 2.32. The van der Waals surface area contributed by atoms with Crippen LogP contribution < -0.4 is 5.56 Å². The highest BCUT2D eigenvalue weighted by atomic mass is 19.4. The van der Waals surface area contributed by atoms with E-state index in [1.807, 2.05) is 0 Å². The van der Waals surface area contributed by atoms with Crippen LogP contribution in [0.5, 0.6) is 0 Å². The van der Waals surface area contributed by atoms with E-state index in [1.54, 1.807) is 6.07 Å². The number of ketones is 1. The summed E-state index contributed by atoms with van der Waals surface area (Å²) in [5.74, 6) is -0.455. The minimum atomic E-state index is -4.60. The molecule has 1 aliphatic rings. The van der Waals surface area contributed by atoms with Gasteiger partial charge < -0.3 is 9.67 Å². The molecule has 2 aromatic rings. The van der Waals surface area contributed by atoms with E-state index in [-0.39, 0.29) is 11.1 Å². The number of aromatic nitrogens is 1. The standard InChI is InChI=1S/C18H16F3NO3/c1-17(2)15(24)11-7-6-10(18(19,20)21)9-12(11)14(16(17)25)22-8-4-3-5-13(22)23/h3-9,14,16,25H,1-2H3. The van der Waals surface area contributed by atoms with Crippen LogP contribution in [0, 0.1) is 5.41 Å². The molecular weight excluding hydrogens is 335 g/mol. The molecule has 1 N–H and O–H groups in total. The molecule has 1 aromatic heterocycles. The largest absolute Gasteiger partial charge is 0.416 e. The van der Waals surface area contributed by atoms with Crippen molar-refractivity contribution in [2.24, 2.45) is 5.41 Å². The molecule has 25 heavy (non-hydrogen) atoms. The molecule has 2 unspecified atom stereocenters. The van der Waals surface area contributed by atoms with Gasteiger partial charge in [-0.05, 0) is 37.6 Å². The van der Waals surface area contributed by atoms with E-state index < -0.39 is 40.6 Å². The van der Waals surface area contributed by atoms with Gasteiger partial charge in [-0.2, -0.15) is 13.2 Å². The Morgan fingerprint density at radius 3 is 2.40 bits per heavy atom. The number of hydrogen-bond acceptors (Lipinski definition) is 3. The van der Waals surface area contributed by atoms with Crippen molar-refractivity contribution in [2.45, 2.75) is 32.2 Å². The van der Waals surface area contributed by atoms with Crippen LogP contribution in [0.15, 0.2) is 47.4 Å². The molecule has 1 heterocycles. The lowest BCUT2D eigenvalue weighted by Gasteiger charge is -2.41. The Hall–Kier alpha value is -2.41. The summed E-state index contributed by atoms with van der Waals surface area (Å²) >= 11 is 0. The zero-order valence-corrected chi connectivity index (χ0v) is 13.5. The summed E-state index contributed by atoms with van der Waals surface area (Å²) in [6.45, 7) is 3.03. The average Bonchev–Trinajstić information content (AvgIpc) is 2.54. The zero-order chi connectivity index (χ0) is 18.6. The smallest absolute Gasteiger partial charge is 0.390 e. The second-order valence-corrected chi connectivity index (χ2v) is 6.69. The Labute approximate surface area is 141 Å². The number of fused-ring (bicyclic) bond motifs is 1. The number of aliphatic hydroxyl groups excluding tert-OH is 1. The van der Waals surface area contributed by atoms with Crippen LogP contribution in [-0.2, 0) is 6.18 Å². The summed E-state index contributed by atoms with van der Waals surface area (Å²) in [6, 6.07) is 6.02. The molecule has 0 spiro atoms. The molecule has 0 bridgehead atoms. The predicted octanol–water partition coefficient (Wildman–Crippen LogP) is 3.04. The van der Waals surface area contributed by atoms with Gasteiger partial charge in [0.05, 0.1) is 23.1 Å². The van der Waals surface area contributed by atoms with E-state index in [0.717, 1.165) is 22.8 Å². The number of rotatable bonds is 1. The van der Waals surface area contributed by atoms with E-state index in [1.165, 1.54) is 32.2 Å². The quantitative estimate of drug-likeness (QED) is 0.859. The Morgan fingerprint density at radius 1 is 1.12 bits per heavy atom. The number of benzene rings is 1. The molecule has 132 valence electrons. The van der Waals surface area contributed by atoms with E-state index in [4.69, 9.17) is 0 Å². The molecule has 1 aliphatic carbocycles. The minimum absolute atomic E-state index is 0.0000463. The molecule has 1 aromatic carbocycles. The lowest BCUT2D eigenvalue weighted by atomic mass is 9.68. The second-order valence-electron chi connectivity index (χ2n) is 6.69. The zero-order valence-electron chi connectivity index (χ0n) is 13.5. The van der Waals surface area contributed by atoms with Crippen molar-refractivity contribution in [2.75, 3.05) is 0 Å². The molecule has 0 saturated carbocycles. The highest BCUT2D eigenvalue weighted by Crippen LogP contribution is 2.44. The number of carbonyl (C=O) groups is 1. The van der Waals surface area contributed by atoms with Crippen molar-refractivity contribution in [3.8, 4) is 0 Å². The number of halogens is 3. The Morgan fingerprint density at radius 2 is 1.80 bits per heavy atom. The highest BCUT2D eigenvalue weighted by Gasteiger charge is 2.48. The first-order chi connectivity index (χ1) is 11.5. The first-order valence-electron chi connectivity index (χ1n) is 7.66. The number of nitrogens with zero attached hydrogens (tertiary/aromatic N) is 1. The molecule has 0 amide bonds. The third-order valence-corrected chi connectivity index (χ3v) is 4.72. The molecule has 0 radical (unpaired) electrons. The minimum Gasteiger partial charge on any atom is -0.390 e. The first-order valence-corrected chi connectivity index (χ1v) is 7.66. The van der Waals surface area contributed by atoms with Gasteiger partial charge in [0.1, 0.15) is 0 Å². The number of pyridine rings is 1. The third-order valence-electron chi connectivity index (χ3n) is 4.72. The van der Waals surface area contributed by atoms with Gasteiger partial charge in [0.15, 0.2) is 5.78 Å². The molecule has 0 fully saturated rings. The van der Waals surface area contributed by atoms with Gasteiger partial charge in [0.2, 0.25) is 0 Å². The molecule has 4 nitrogen and oxygen atoms in total. The maximum absolute atomic E-state index is 13.1. The first kappa shape index (κ1) is 17.4. The van der Waals surface area contributed by atoms with Crippen molar-refractivity contribution < 1.29 is 23.1 Å². The van der Waals surface area contributed by atoms with Gasteiger partial charge in [-0.3, -0.25) is 9.59 Å². The van der Waals surface area contributed by atoms with Crippen molar-refractivity contribution in [3.05, 3.63) is 69.6 Å². The third kappa shape index (κ3) is 2.68. The van der Waals surface area contributed by atoms with Gasteiger partial charge in [0.25, 0.3) is 5.56 Å². The number of Topliss-reactive ketones (excluding diaryl/α,β-unsaturated/α-hetero) is 1. The fourth-order valence-electron chi connectivity index (χ4n) is 3.21. The van der Waals surface area contributed by atoms with Gasteiger partial charge in [-0.15, -0.1) is 0 Å². The predicted molar refractivity (Wildman–Crippen MR) is 84.4 cm³/mol. The van der Waals surface area contributed by atoms with Crippen molar-refractivity contribution in [1.29, 1.82) is 0 Å². The topological polar surface area (TPSA) is 59.3 Å². The lowest BCUT2D eigenvalue weighted by molar-refractivity contribution is -0.137. The van der Waals surface area contributed by atoms with E-state index in [2.05, 4.69) is 0 Å². The monoisotopic (exact) mass is 351 g/mol. The van der Waals surface area contributed by atoms with Crippen LogP contribution in [0.2, 0.25) is 0 Å². The summed E-state index contributed by atoms with van der Waals surface area (Å²) in [7, 11) is 0. The molecule has 3 rings (SSSR count). The summed E-state index contributed by atoms with van der Waals surface area (Å²) in [5.41, 5.74) is -2.56. The van der Waals surface area contributed by atoms with Crippen molar-refractivity contribution >= 4 is 5.78 Å². The number of carbonyl (C=O) groups excluding carboxylic acids is 1. The SMILES string of the molecule is CC1(C)C(=O)c2ccc(C(F)(F)F)cc2C(n2ccccc2=O)C1O. The summed E-state index contributed by atoms with van der Waals surface area (Å²) in [5, 5.41) is 10.7. The van der Waals surface area contributed by atoms with Crippen molar-refractivity contribution in [3.63, 3.8) is 0 Å². The average molecular weight is 351 g/mol. The van der Waals surface area contributed by atoms with Crippen LogP contribution in [0.3, 0.4) is 0 Å². The van der Waals surface area contributed by atoms with Crippen LogP contribution >= 0.6 is 0 Å². The second kappa shape index (κ2) is 5.56. The van der Waals surface area contributed by atoms with E-state index in [0.29, 0.717) is 0 Å². The van der Waals surface area contributed by atoms with Crippen molar-refractivity contribution in [1.82, 2.24) is 4.57 Å². The van der Waals surface area contributed by atoms with Gasteiger partial charge in [0, 0.05) is 17.8 Å². The van der Waals surface area contributed by atoms with Gasteiger partial charge in [-0.1, -0.05) is 12.1 Å². The number of alkyl halides is 3. The van der Waals surface area contributed by atoms with Gasteiger partial charge in [-0.25, -0.2) is 0 Å². The molecule has 0 aliphatic heterocycles. The molecule has 7 heteroatoms. The number of hydrogen-bond donors (Lipinski definition) is 1. The maximum Gasteiger partial charge on any atom is 0.416 e. The normalized spacial score (nSPS) is 22.6. The number of aliphatic hydroxyl groups is 1. The highest BCUT2D eigenvalue weighted by molar-refractivity contribution is 6.03. The summed E-state index contributed by atoms with van der Waals surface area (Å²) in [6.07, 6.45) is -4.55. The van der Waals surface area contributed by atoms with Crippen LogP contribution in [0.4, 0.5) is 13.2 Å². The van der Waals surface area contributed by atoms with Gasteiger partial charge >= 0.3 is 6.18 Å². The molecule has 0 saturated heterocycles. The fourth-order valence-corrected chi connectivity index (χ4v) is 3.21. The van der Waals surface area contributed by atoms with Crippen LogP contribution in [-0.4, -0.2) is 21.6 Å². The van der Waals surface area contributed by atoms with Crippen LogP contribution in [0.1, 0.15) is 41.4 Å². The van der Waals surface area contributed by atoms with E-state index >= 15 is 0 Å². The maximum atomic E-state index is 13.1. The molecule has 2 atom stereocenters. The van der Waals surface area contributed by atoms with E-state index in [9.17, 15) is 27.9 Å². The van der Waals surface area contributed by atoms with Crippen LogP contribution in [0.25, 0.3) is 0 Å². The summed E-state index contributed by atoms with van der Waals surface area (Å²) in [4.78, 5) is 24.8. The summed E-state index contributed by atoms with van der Waals surface area (Å²) < 4.78 is 40.5. The lowest BCUT2D eigenvalue weighted by Crippen LogP contribution is -2.49. The Bertz CT molecular complexity index is 899. The fraction of sp³-hybridized carbons (Fsp3) is 0.333. The Kier molecular flexibility index (Phi) is 3.87.